The van der Waals surface area contributed by atoms with Crippen molar-refractivity contribution in [3.05, 3.63) is 59.2 Å². The third-order valence-corrected chi connectivity index (χ3v) is 5.68. The van der Waals surface area contributed by atoms with Crippen LogP contribution in [0.1, 0.15) is 36.6 Å². The average Bonchev–Trinajstić information content (AvgIpc) is 2.62. The van der Waals surface area contributed by atoms with E-state index in [9.17, 15) is 13.2 Å². The Morgan fingerprint density at radius 3 is 2.29 bits per heavy atom. The fourth-order valence-corrected chi connectivity index (χ4v) is 3.65. The molecule has 0 saturated carbocycles. The molecule has 0 saturated heterocycles. The van der Waals surface area contributed by atoms with Crippen LogP contribution in [0.3, 0.4) is 0 Å². The molecule has 152 valence electrons. The van der Waals surface area contributed by atoms with Crippen LogP contribution in [0.4, 0.5) is 5.69 Å². The largest absolute Gasteiger partial charge is 0.494 e. The topological polar surface area (TPSA) is 75.7 Å². The molecular formula is C21H28N2O4S. The maximum absolute atomic E-state index is 12.5. The normalized spacial score (nSPS) is 12.3. The molecule has 0 radical (unpaired) electrons. The number of rotatable bonds is 8. The van der Waals surface area contributed by atoms with Gasteiger partial charge in [0.25, 0.3) is 0 Å². The monoisotopic (exact) mass is 404 g/mol. The maximum Gasteiger partial charge on any atom is 0.241 e. The number of sulfonamides is 1. The Kier molecular flexibility index (Phi) is 7.07. The van der Waals surface area contributed by atoms with Crippen LogP contribution in [-0.4, -0.2) is 33.7 Å². The van der Waals surface area contributed by atoms with Crippen molar-refractivity contribution in [2.45, 2.75) is 33.7 Å². The lowest BCUT2D eigenvalue weighted by molar-refractivity contribution is -0.120. The molecule has 1 N–H and O–H groups in total. The summed E-state index contributed by atoms with van der Waals surface area (Å²) in [7, 11) is -3.60. The molecule has 28 heavy (non-hydrogen) atoms. The van der Waals surface area contributed by atoms with E-state index in [1.165, 1.54) is 0 Å². The van der Waals surface area contributed by atoms with Gasteiger partial charge < -0.3 is 10.1 Å². The van der Waals surface area contributed by atoms with Crippen LogP contribution in [0.5, 0.6) is 5.75 Å². The summed E-state index contributed by atoms with van der Waals surface area (Å²) in [6, 6.07) is 12.5. The number of benzene rings is 2. The number of ether oxygens (including phenoxy) is 1. The van der Waals surface area contributed by atoms with E-state index in [0.29, 0.717) is 12.3 Å². The van der Waals surface area contributed by atoms with Gasteiger partial charge in [0.15, 0.2) is 0 Å². The minimum absolute atomic E-state index is 0.260. The summed E-state index contributed by atoms with van der Waals surface area (Å²) in [5.41, 5.74) is 3.42. The van der Waals surface area contributed by atoms with Gasteiger partial charge in [-0.1, -0.05) is 18.2 Å². The van der Waals surface area contributed by atoms with Gasteiger partial charge in [-0.15, -0.1) is 0 Å². The number of nitrogens with one attached hydrogen (secondary N) is 1. The fraction of sp³-hybridized carbons (Fsp3) is 0.381. The second kappa shape index (κ2) is 9.10. The number of anilines is 1. The Morgan fingerprint density at radius 2 is 1.75 bits per heavy atom. The molecule has 0 bridgehead atoms. The van der Waals surface area contributed by atoms with Gasteiger partial charge in [0.1, 0.15) is 12.3 Å². The molecule has 1 amide bonds. The van der Waals surface area contributed by atoms with Crippen molar-refractivity contribution >= 4 is 21.6 Å². The van der Waals surface area contributed by atoms with Crippen LogP contribution in [0.25, 0.3) is 0 Å². The first-order valence-corrected chi connectivity index (χ1v) is 11.0. The number of nitrogens with zero attached hydrogens (tertiary/aromatic N) is 1. The van der Waals surface area contributed by atoms with E-state index < -0.39 is 10.0 Å². The van der Waals surface area contributed by atoms with Gasteiger partial charge in [-0.05, 0) is 68.7 Å². The van der Waals surface area contributed by atoms with Gasteiger partial charge >= 0.3 is 0 Å². The predicted octanol–water partition coefficient (Wildman–Crippen LogP) is 3.35. The van der Waals surface area contributed by atoms with Crippen molar-refractivity contribution in [1.82, 2.24) is 5.32 Å². The van der Waals surface area contributed by atoms with Crippen LogP contribution in [0, 0.1) is 13.8 Å². The molecule has 0 aromatic heterocycles. The van der Waals surface area contributed by atoms with Gasteiger partial charge in [0.2, 0.25) is 15.9 Å². The van der Waals surface area contributed by atoms with E-state index in [1.807, 2.05) is 58.0 Å². The van der Waals surface area contributed by atoms with Crippen molar-refractivity contribution in [2.24, 2.45) is 0 Å². The molecular weight excluding hydrogens is 376 g/mol. The van der Waals surface area contributed by atoms with Crippen LogP contribution >= 0.6 is 0 Å². The van der Waals surface area contributed by atoms with E-state index in [-0.39, 0.29) is 18.5 Å². The second-order valence-corrected chi connectivity index (χ2v) is 8.74. The SMILES string of the molecule is CCOc1ccc([C@H](C)NC(=O)CN(c2ccc(C)c(C)c2)S(C)(=O)=O)cc1. The molecule has 2 aromatic carbocycles. The Morgan fingerprint density at radius 1 is 1.11 bits per heavy atom. The third-order valence-electron chi connectivity index (χ3n) is 4.53. The number of carbonyl (C=O) groups excluding carboxylic acids is 1. The van der Waals surface area contributed by atoms with Crippen LogP contribution in [0.2, 0.25) is 0 Å². The van der Waals surface area contributed by atoms with Gasteiger partial charge in [-0.25, -0.2) is 8.42 Å². The number of amides is 1. The van der Waals surface area contributed by atoms with E-state index in [2.05, 4.69) is 5.32 Å². The van der Waals surface area contributed by atoms with Crippen molar-refractivity contribution in [3.8, 4) is 5.75 Å². The summed E-state index contributed by atoms with van der Waals surface area (Å²) < 4.78 is 31.0. The highest BCUT2D eigenvalue weighted by Crippen LogP contribution is 2.22. The lowest BCUT2D eigenvalue weighted by Crippen LogP contribution is -2.41. The number of hydrogen-bond acceptors (Lipinski definition) is 4. The van der Waals surface area contributed by atoms with Crippen molar-refractivity contribution in [2.75, 3.05) is 23.7 Å². The van der Waals surface area contributed by atoms with E-state index in [1.54, 1.807) is 12.1 Å². The molecule has 6 nitrogen and oxygen atoms in total. The number of carbonyl (C=O) groups is 1. The van der Waals surface area contributed by atoms with Crippen molar-refractivity contribution in [1.29, 1.82) is 0 Å². The molecule has 0 aliphatic carbocycles. The first-order chi connectivity index (χ1) is 13.1. The molecule has 0 aliphatic rings. The van der Waals surface area contributed by atoms with E-state index in [4.69, 9.17) is 4.74 Å². The minimum atomic E-state index is -3.60. The minimum Gasteiger partial charge on any atom is -0.494 e. The molecule has 0 fully saturated rings. The molecule has 1 atom stereocenters. The highest BCUT2D eigenvalue weighted by Gasteiger charge is 2.22. The Balaban J connectivity index is 2.12. The Hall–Kier alpha value is -2.54. The molecule has 0 heterocycles. The number of hydrogen-bond donors (Lipinski definition) is 1. The molecule has 0 aliphatic heterocycles. The first kappa shape index (κ1) is 21.8. The fourth-order valence-electron chi connectivity index (χ4n) is 2.80. The molecule has 0 unspecified atom stereocenters. The van der Waals surface area contributed by atoms with Gasteiger partial charge in [-0.2, -0.15) is 0 Å². The Labute approximate surface area is 167 Å². The lowest BCUT2D eigenvalue weighted by atomic mass is 10.1. The van der Waals surface area contributed by atoms with Gasteiger partial charge in [0.05, 0.1) is 24.6 Å². The standard InChI is InChI=1S/C21H28N2O4S/c1-6-27-20-11-8-18(9-12-20)17(4)22-21(24)14-23(28(5,25)26)19-10-7-15(2)16(3)13-19/h7-13,17H,6,14H2,1-5H3,(H,22,24)/t17-/m0/s1. The summed E-state index contributed by atoms with van der Waals surface area (Å²) in [4.78, 5) is 12.5. The highest BCUT2D eigenvalue weighted by atomic mass is 32.2. The van der Waals surface area contributed by atoms with Crippen LogP contribution in [0.15, 0.2) is 42.5 Å². The average molecular weight is 405 g/mol. The zero-order valence-electron chi connectivity index (χ0n) is 17.0. The molecule has 0 spiro atoms. The van der Waals surface area contributed by atoms with E-state index >= 15 is 0 Å². The van der Waals surface area contributed by atoms with Crippen LogP contribution in [-0.2, 0) is 14.8 Å². The van der Waals surface area contributed by atoms with Gasteiger partial charge in [0, 0.05) is 0 Å². The molecule has 2 rings (SSSR count). The molecule has 7 heteroatoms. The summed E-state index contributed by atoms with van der Waals surface area (Å²) in [5.74, 6) is 0.396. The Bertz CT molecular complexity index is 924. The summed E-state index contributed by atoms with van der Waals surface area (Å²) in [6.07, 6.45) is 1.10. The van der Waals surface area contributed by atoms with Crippen LogP contribution < -0.4 is 14.4 Å². The summed E-state index contributed by atoms with van der Waals surface area (Å²) in [5, 5.41) is 2.86. The van der Waals surface area contributed by atoms with E-state index in [0.717, 1.165) is 33.0 Å². The lowest BCUT2D eigenvalue weighted by Gasteiger charge is -2.24. The number of aryl methyl sites for hydroxylation is 2. The third kappa shape index (κ3) is 5.73. The molecule has 2 aromatic rings. The zero-order chi connectivity index (χ0) is 20.9. The summed E-state index contributed by atoms with van der Waals surface area (Å²) in [6.45, 7) is 7.95. The van der Waals surface area contributed by atoms with Crippen molar-refractivity contribution < 1.29 is 17.9 Å². The first-order valence-electron chi connectivity index (χ1n) is 9.19. The highest BCUT2D eigenvalue weighted by molar-refractivity contribution is 7.92. The quantitative estimate of drug-likeness (QED) is 0.732. The predicted molar refractivity (Wildman–Crippen MR) is 112 cm³/mol. The maximum atomic E-state index is 12.5. The zero-order valence-corrected chi connectivity index (χ0v) is 17.8. The van der Waals surface area contributed by atoms with Gasteiger partial charge in [-0.3, -0.25) is 9.10 Å². The van der Waals surface area contributed by atoms with Crippen molar-refractivity contribution in [3.63, 3.8) is 0 Å². The summed E-state index contributed by atoms with van der Waals surface area (Å²) >= 11 is 0. The smallest absolute Gasteiger partial charge is 0.241 e. The second-order valence-electron chi connectivity index (χ2n) is 6.83.